The minimum absolute atomic E-state index is 0.0722. The van der Waals surface area contributed by atoms with E-state index in [4.69, 9.17) is 5.11 Å². The molecule has 1 aromatic carbocycles. The van der Waals surface area contributed by atoms with Crippen LogP contribution in [0.5, 0.6) is 0 Å². The van der Waals surface area contributed by atoms with Gasteiger partial charge in [-0.3, -0.25) is 0 Å². The molecule has 2 rings (SSSR count). The summed E-state index contributed by atoms with van der Waals surface area (Å²) in [6.45, 7) is 2.95. The van der Waals surface area contributed by atoms with Crippen molar-refractivity contribution in [2.24, 2.45) is 0 Å². The van der Waals surface area contributed by atoms with E-state index in [1.54, 1.807) is 6.20 Å². The Morgan fingerprint density at radius 2 is 2.33 bits per heavy atom. The van der Waals surface area contributed by atoms with E-state index in [1.807, 2.05) is 36.1 Å². The topological polar surface area (TPSA) is 52.6 Å². The first-order valence-corrected chi connectivity index (χ1v) is 7.62. The highest BCUT2D eigenvalue weighted by molar-refractivity contribution is 5.76. The number of hydrogen-bond donors (Lipinski definition) is 2. The molecular weight excluding hydrogens is 264 g/mol. The minimum Gasteiger partial charge on any atom is -0.396 e. The average molecular weight is 288 g/mol. The van der Waals surface area contributed by atoms with E-state index in [0.717, 1.165) is 31.4 Å². The molecule has 2 N–H and O–H groups in total. The molecule has 1 saturated heterocycles. The fraction of sp³-hybridized carbons (Fsp3) is 0.471. The number of aryl methyl sites for hydroxylation is 1. The summed E-state index contributed by atoms with van der Waals surface area (Å²) >= 11 is 0. The van der Waals surface area contributed by atoms with Crippen LogP contribution in [-0.2, 0) is 0 Å². The molecule has 1 unspecified atom stereocenters. The highest BCUT2D eigenvalue weighted by Crippen LogP contribution is 2.19. The van der Waals surface area contributed by atoms with Gasteiger partial charge in [-0.2, -0.15) is 0 Å². The van der Waals surface area contributed by atoms with Crippen LogP contribution in [0.25, 0.3) is 6.08 Å². The molecular formula is C17H24N2O2. The van der Waals surface area contributed by atoms with Crippen LogP contribution in [-0.4, -0.2) is 35.2 Å². The number of piperidine rings is 1. The second kappa shape index (κ2) is 7.84. The Balaban J connectivity index is 1.91. The van der Waals surface area contributed by atoms with Crippen molar-refractivity contribution < 1.29 is 9.90 Å². The summed E-state index contributed by atoms with van der Waals surface area (Å²) in [6, 6.07) is 8.21. The fourth-order valence-electron chi connectivity index (χ4n) is 2.78. The molecule has 0 bridgehead atoms. The lowest BCUT2D eigenvalue weighted by Gasteiger charge is -2.35. The van der Waals surface area contributed by atoms with Gasteiger partial charge in [0.15, 0.2) is 0 Å². The van der Waals surface area contributed by atoms with Gasteiger partial charge in [0.25, 0.3) is 0 Å². The lowest BCUT2D eigenvalue weighted by molar-refractivity contribution is 0.134. The zero-order valence-corrected chi connectivity index (χ0v) is 12.6. The number of aliphatic hydroxyl groups is 1. The zero-order valence-electron chi connectivity index (χ0n) is 12.6. The lowest BCUT2D eigenvalue weighted by Crippen LogP contribution is -2.47. The first-order chi connectivity index (χ1) is 10.2. The number of carbonyl (C=O) groups excluding carboxylic acids is 1. The van der Waals surface area contributed by atoms with Crippen LogP contribution in [0.3, 0.4) is 0 Å². The van der Waals surface area contributed by atoms with Crippen molar-refractivity contribution in [3.63, 3.8) is 0 Å². The van der Waals surface area contributed by atoms with E-state index < -0.39 is 0 Å². The summed E-state index contributed by atoms with van der Waals surface area (Å²) < 4.78 is 0. The number of amides is 2. The molecule has 1 fully saturated rings. The van der Waals surface area contributed by atoms with Gasteiger partial charge in [0.2, 0.25) is 0 Å². The van der Waals surface area contributed by atoms with Crippen molar-refractivity contribution in [2.75, 3.05) is 13.2 Å². The van der Waals surface area contributed by atoms with Crippen molar-refractivity contribution in [2.45, 2.75) is 38.6 Å². The standard InChI is InChI=1S/C17H24N2O2/c1-14-5-4-6-15(13-14)8-10-18-17(21)19-11-3-2-7-16(19)9-12-20/h4-6,8,10,13,16,20H,2-3,7,9,11-12H2,1H3,(H,18,21)/b10-8+. The summed E-state index contributed by atoms with van der Waals surface area (Å²) in [5, 5.41) is 11.9. The molecule has 4 nitrogen and oxygen atoms in total. The Bertz CT molecular complexity index is 497. The van der Waals surface area contributed by atoms with E-state index in [0.29, 0.717) is 6.42 Å². The normalized spacial score (nSPS) is 19.0. The Hall–Kier alpha value is -1.81. The van der Waals surface area contributed by atoms with Crippen LogP contribution < -0.4 is 5.32 Å². The van der Waals surface area contributed by atoms with Gasteiger partial charge in [0.05, 0.1) is 0 Å². The summed E-state index contributed by atoms with van der Waals surface area (Å²) in [6.07, 6.45) is 7.41. The number of benzene rings is 1. The lowest BCUT2D eigenvalue weighted by atomic mass is 10.0. The summed E-state index contributed by atoms with van der Waals surface area (Å²) in [4.78, 5) is 14.1. The van der Waals surface area contributed by atoms with E-state index >= 15 is 0 Å². The van der Waals surface area contributed by atoms with Gasteiger partial charge >= 0.3 is 6.03 Å². The molecule has 0 radical (unpaired) electrons. The number of carbonyl (C=O) groups is 1. The Morgan fingerprint density at radius 3 is 3.10 bits per heavy atom. The van der Waals surface area contributed by atoms with Gasteiger partial charge < -0.3 is 15.3 Å². The smallest absolute Gasteiger partial charge is 0.321 e. The fourth-order valence-corrected chi connectivity index (χ4v) is 2.78. The molecule has 1 aliphatic rings. The zero-order chi connectivity index (χ0) is 15.1. The molecule has 1 aliphatic heterocycles. The van der Waals surface area contributed by atoms with Gasteiger partial charge in [-0.05, 0) is 44.2 Å². The Labute approximate surface area is 126 Å². The van der Waals surface area contributed by atoms with Gasteiger partial charge in [0, 0.05) is 25.4 Å². The maximum absolute atomic E-state index is 12.2. The van der Waals surface area contributed by atoms with Crippen molar-refractivity contribution in [1.82, 2.24) is 10.2 Å². The molecule has 1 atom stereocenters. The van der Waals surface area contributed by atoms with Crippen LogP contribution in [0, 0.1) is 6.92 Å². The average Bonchev–Trinajstić information content (AvgIpc) is 2.48. The summed E-state index contributed by atoms with van der Waals surface area (Å²) in [7, 11) is 0. The summed E-state index contributed by atoms with van der Waals surface area (Å²) in [5.74, 6) is 0. The Kier molecular flexibility index (Phi) is 5.81. The van der Waals surface area contributed by atoms with Crippen molar-refractivity contribution >= 4 is 12.1 Å². The van der Waals surface area contributed by atoms with Gasteiger partial charge in [0.1, 0.15) is 0 Å². The molecule has 21 heavy (non-hydrogen) atoms. The van der Waals surface area contributed by atoms with Gasteiger partial charge in [-0.25, -0.2) is 4.79 Å². The highest BCUT2D eigenvalue weighted by atomic mass is 16.3. The highest BCUT2D eigenvalue weighted by Gasteiger charge is 2.25. The first-order valence-electron chi connectivity index (χ1n) is 7.62. The Morgan fingerprint density at radius 1 is 1.48 bits per heavy atom. The molecule has 1 heterocycles. The van der Waals surface area contributed by atoms with Crippen LogP contribution in [0.15, 0.2) is 30.5 Å². The van der Waals surface area contributed by atoms with Crippen LogP contribution in [0.2, 0.25) is 0 Å². The predicted molar refractivity (Wildman–Crippen MR) is 84.8 cm³/mol. The number of nitrogens with one attached hydrogen (secondary N) is 1. The van der Waals surface area contributed by atoms with Gasteiger partial charge in [-0.1, -0.05) is 29.8 Å². The van der Waals surface area contributed by atoms with E-state index in [9.17, 15) is 4.79 Å². The predicted octanol–water partition coefficient (Wildman–Crippen LogP) is 2.91. The molecule has 114 valence electrons. The van der Waals surface area contributed by atoms with Crippen LogP contribution in [0.1, 0.15) is 36.8 Å². The minimum atomic E-state index is -0.0722. The van der Waals surface area contributed by atoms with Crippen molar-refractivity contribution in [3.05, 3.63) is 41.6 Å². The quantitative estimate of drug-likeness (QED) is 0.895. The third kappa shape index (κ3) is 4.60. The number of urea groups is 1. The molecule has 2 amide bonds. The largest absolute Gasteiger partial charge is 0.396 e. The molecule has 0 saturated carbocycles. The van der Waals surface area contributed by atoms with E-state index in [-0.39, 0.29) is 18.7 Å². The number of likely N-dealkylation sites (tertiary alicyclic amines) is 1. The second-order valence-corrected chi connectivity index (χ2v) is 5.55. The third-order valence-corrected chi connectivity index (χ3v) is 3.88. The number of nitrogens with zero attached hydrogens (tertiary/aromatic N) is 1. The van der Waals surface area contributed by atoms with Gasteiger partial charge in [-0.15, -0.1) is 0 Å². The second-order valence-electron chi connectivity index (χ2n) is 5.55. The monoisotopic (exact) mass is 288 g/mol. The molecule has 0 spiro atoms. The maximum atomic E-state index is 12.2. The molecule has 0 aliphatic carbocycles. The molecule has 0 aromatic heterocycles. The first kappa shape index (κ1) is 15.6. The number of aliphatic hydroxyl groups excluding tert-OH is 1. The van der Waals surface area contributed by atoms with Crippen LogP contribution in [0.4, 0.5) is 4.79 Å². The SMILES string of the molecule is Cc1cccc(/C=C/NC(=O)N2CCCCC2CCO)c1. The van der Waals surface area contributed by atoms with E-state index in [2.05, 4.69) is 11.4 Å². The molecule has 4 heteroatoms. The molecule has 1 aromatic rings. The summed E-state index contributed by atoms with van der Waals surface area (Å²) in [5.41, 5.74) is 2.27. The third-order valence-electron chi connectivity index (χ3n) is 3.88. The van der Waals surface area contributed by atoms with E-state index in [1.165, 1.54) is 5.56 Å². The number of rotatable bonds is 4. The van der Waals surface area contributed by atoms with Crippen molar-refractivity contribution in [3.8, 4) is 0 Å². The maximum Gasteiger partial charge on any atom is 0.321 e. The van der Waals surface area contributed by atoms with Crippen LogP contribution >= 0.6 is 0 Å². The number of hydrogen-bond acceptors (Lipinski definition) is 2. The van der Waals surface area contributed by atoms with Crippen molar-refractivity contribution in [1.29, 1.82) is 0 Å².